The van der Waals surface area contributed by atoms with Gasteiger partial charge in [-0.2, -0.15) is 0 Å². The molecule has 0 spiro atoms. The molecule has 5 heteroatoms. The maximum atomic E-state index is 12.3. The molecule has 114 valence electrons. The van der Waals surface area contributed by atoms with E-state index in [-0.39, 0.29) is 11.6 Å². The van der Waals surface area contributed by atoms with Crippen LogP contribution in [0.5, 0.6) is 0 Å². The lowest BCUT2D eigenvalue weighted by molar-refractivity contribution is 0.247. The molecule has 0 aliphatic heterocycles. The second-order valence-corrected chi connectivity index (χ2v) is 6.98. The van der Waals surface area contributed by atoms with Gasteiger partial charge < -0.3 is 10.6 Å². The third-order valence-electron chi connectivity index (χ3n) is 3.94. The van der Waals surface area contributed by atoms with Crippen molar-refractivity contribution in [2.75, 3.05) is 5.32 Å². The molecule has 0 aromatic heterocycles. The van der Waals surface area contributed by atoms with E-state index in [1.807, 2.05) is 49.4 Å². The quantitative estimate of drug-likeness (QED) is 0.754. The molecular formula is C17H16BrClN2O. The number of rotatable bonds is 3. The molecule has 0 atom stereocenters. The van der Waals surface area contributed by atoms with E-state index in [0.717, 1.165) is 34.1 Å². The van der Waals surface area contributed by atoms with Gasteiger partial charge >= 0.3 is 6.03 Å². The fraction of sp³-hybridized carbons (Fsp3) is 0.235. The highest BCUT2D eigenvalue weighted by molar-refractivity contribution is 9.10. The molecule has 0 saturated heterocycles. The van der Waals surface area contributed by atoms with Gasteiger partial charge in [0.05, 0.1) is 5.54 Å². The van der Waals surface area contributed by atoms with Gasteiger partial charge in [-0.1, -0.05) is 39.7 Å². The fourth-order valence-electron chi connectivity index (χ4n) is 2.52. The summed E-state index contributed by atoms with van der Waals surface area (Å²) in [5.74, 6) is 0. The van der Waals surface area contributed by atoms with Crippen LogP contribution in [-0.4, -0.2) is 6.03 Å². The molecule has 0 unspecified atom stereocenters. The van der Waals surface area contributed by atoms with Gasteiger partial charge in [0.15, 0.2) is 0 Å². The van der Waals surface area contributed by atoms with Gasteiger partial charge in [-0.15, -0.1) is 0 Å². The molecule has 2 N–H and O–H groups in total. The summed E-state index contributed by atoms with van der Waals surface area (Å²) in [5, 5.41) is 6.71. The highest BCUT2D eigenvalue weighted by atomic mass is 79.9. The largest absolute Gasteiger partial charge is 0.328 e. The predicted octanol–water partition coefficient (Wildman–Crippen LogP) is 5.22. The lowest BCUT2D eigenvalue weighted by atomic mass is 10.1. The van der Waals surface area contributed by atoms with Crippen LogP contribution in [0.25, 0.3) is 0 Å². The summed E-state index contributed by atoms with van der Waals surface area (Å²) < 4.78 is 0.996. The summed E-state index contributed by atoms with van der Waals surface area (Å²) in [6, 6.07) is 13.3. The number of benzene rings is 2. The number of carbonyl (C=O) groups is 1. The average Bonchev–Trinajstić information content (AvgIpc) is 3.23. The number of amides is 2. The van der Waals surface area contributed by atoms with Crippen molar-refractivity contribution in [2.24, 2.45) is 0 Å². The molecular weight excluding hydrogens is 364 g/mol. The minimum Gasteiger partial charge on any atom is -0.328 e. The van der Waals surface area contributed by atoms with E-state index < -0.39 is 0 Å². The number of halogens is 2. The van der Waals surface area contributed by atoms with E-state index in [9.17, 15) is 4.79 Å². The predicted molar refractivity (Wildman–Crippen MR) is 93.4 cm³/mol. The second kappa shape index (κ2) is 5.94. The molecule has 2 aromatic rings. The molecule has 2 aromatic carbocycles. The Balaban J connectivity index is 1.70. The minimum absolute atomic E-state index is 0.183. The Morgan fingerprint density at radius 1 is 1.18 bits per heavy atom. The highest BCUT2D eigenvalue weighted by Gasteiger charge is 2.45. The second-order valence-electron chi connectivity index (χ2n) is 5.63. The van der Waals surface area contributed by atoms with E-state index in [0.29, 0.717) is 5.02 Å². The van der Waals surface area contributed by atoms with Gasteiger partial charge in [0, 0.05) is 15.2 Å². The molecule has 22 heavy (non-hydrogen) atoms. The van der Waals surface area contributed by atoms with Crippen LogP contribution in [0, 0.1) is 6.92 Å². The molecule has 0 radical (unpaired) electrons. The zero-order chi connectivity index (χ0) is 15.7. The average molecular weight is 380 g/mol. The third-order valence-corrected chi connectivity index (χ3v) is 4.68. The molecule has 3 rings (SSSR count). The van der Waals surface area contributed by atoms with Crippen LogP contribution in [0.15, 0.2) is 46.9 Å². The Labute approximate surface area is 143 Å². The zero-order valence-corrected chi connectivity index (χ0v) is 14.5. The Hall–Kier alpha value is -1.52. The van der Waals surface area contributed by atoms with Crippen LogP contribution in [0.4, 0.5) is 10.5 Å². The fourth-order valence-corrected chi connectivity index (χ4v) is 3.12. The smallest absolute Gasteiger partial charge is 0.319 e. The maximum absolute atomic E-state index is 12.3. The normalized spacial score (nSPS) is 15.2. The maximum Gasteiger partial charge on any atom is 0.319 e. The summed E-state index contributed by atoms with van der Waals surface area (Å²) >= 11 is 9.34. The van der Waals surface area contributed by atoms with E-state index in [2.05, 4.69) is 26.6 Å². The molecule has 1 aliphatic rings. The highest BCUT2D eigenvalue weighted by Crippen LogP contribution is 2.45. The molecule has 0 heterocycles. The van der Waals surface area contributed by atoms with Crippen molar-refractivity contribution >= 4 is 39.2 Å². The number of aryl methyl sites for hydroxylation is 1. The first-order chi connectivity index (χ1) is 10.5. The van der Waals surface area contributed by atoms with Crippen molar-refractivity contribution < 1.29 is 4.79 Å². The summed E-state index contributed by atoms with van der Waals surface area (Å²) in [6.45, 7) is 1.96. The van der Waals surface area contributed by atoms with Gasteiger partial charge in [0.2, 0.25) is 0 Å². The monoisotopic (exact) mass is 378 g/mol. The first-order valence-electron chi connectivity index (χ1n) is 7.10. The third kappa shape index (κ3) is 3.28. The molecule has 1 fully saturated rings. The lowest BCUT2D eigenvalue weighted by Gasteiger charge is -2.19. The van der Waals surface area contributed by atoms with Crippen molar-refractivity contribution in [3.63, 3.8) is 0 Å². The van der Waals surface area contributed by atoms with Gasteiger partial charge in [-0.3, -0.25) is 0 Å². The van der Waals surface area contributed by atoms with E-state index in [1.54, 1.807) is 0 Å². The van der Waals surface area contributed by atoms with Gasteiger partial charge in [0.1, 0.15) is 0 Å². The first kappa shape index (κ1) is 15.4. The Kier molecular flexibility index (Phi) is 4.15. The van der Waals surface area contributed by atoms with Crippen molar-refractivity contribution in [3.05, 3.63) is 63.1 Å². The van der Waals surface area contributed by atoms with Crippen LogP contribution >= 0.6 is 27.5 Å². The Morgan fingerprint density at radius 2 is 1.86 bits per heavy atom. The summed E-state index contributed by atoms with van der Waals surface area (Å²) in [7, 11) is 0. The number of hydrogen-bond acceptors (Lipinski definition) is 1. The minimum atomic E-state index is -0.252. The van der Waals surface area contributed by atoms with E-state index >= 15 is 0 Å². The summed E-state index contributed by atoms with van der Waals surface area (Å²) in [4.78, 5) is 12.3. The Morgan fingerprint density at radius 3 is 2.45 bits per heavy atom. The van der Waals surface area contributed by atoms with Crippen LogP contribution in [0.1, 0.15) is 24.0 Å². The molecule has 3 nitrogen and oxygen atoms in total. The number of nitrogens with one attached hydrogen (secondary N) is 2. The van der Waals surface area contributed by atoms with Crippen LogP contribution in [0.2, 0.25) is 5.02 Å². The van der Waals surface area contributed by atoms with E-state index in [1.165, 1.54) is 0 Å². The van der Waals surface area contributed by atoms with Gasteiger partial charge in [-0.05, 0) is 61.2 Å². The molecule has 1 saturated carbocycles. The number of carbonyl (C=O) groups excluding carboxylic acids is 1. The lowest BCUT2D eigenvalue weighted by Crippen LogP contribution is -2.38. The van der Waals surface area contributed by atoms with E-state index in [4.69, 9.17) is 11.6 Å². The van der Waals surface area contributed by atoms with Crippen LogP contribution in [0.3, 0.4) is 0 Å². The van der Waals surface area contributed by atoms with Crippen molar-refractivity contribution in [1.82, 2.24) is 5.32 Å². The molecule has 1 aliphatic carbocycles. The zero-order valence-electron chi connectivity index (χ0n) is 12.1. The number of hydrogen-bond donors (Lipinski definition) is 2. The van der Waals surface area contributed by atoms with Crippen molar-refractivity contribution in [2.45, 2.75) is 25.3 Å². The van der Waals surface area contributed by atoms with Crippen LogP contribution < -0.4 is 10.6 Å². The standard InChI is InChI=1S/C17H16BrClN2O/c1-11-10-13(18)4-7-15(11)20-16(22)21-17(8-9-17)12-2-5-14(19)6-3-12/h2-7,10H,8-9H2,1H3,(H2,20,21,22). The Bertz CT molecular complexity index is 711. The number of urea groups is 1. The van der Waals surface area contributed by atoms with Gasteiger partial charge in [0.25, 0.3) is 0 Å². The molecule has 0 bridgehead atoms. The van der Waals surface area contributed by atoms with Crippen molar-refractivity contribution in [1.29, 1.82) is 0 Å². The SMILES string of the molecule is Cc1cc(Br)ccc1NC(=O)NC1(c2ccc(Cl)cc2)CC1. The van der Waals surface area contributed by atoms with Gasteiger partial charge in [-0.25, -0.2) is 4.79 Å². The molecule has 2 amide bonds. The summed E-state index contributed by atoms with van der Waals surface area (Å²) in [6.07, 6.45) is 1.89. The van der Waals surface area contributed by atoms with Crippen LogP contribution in [-0.2, 0) is 5.54 Å². The summed E-state index contributed by atoms with van der Waals surface area (Å²) in [5.41, 5.74) is 2.67. The topological polar surface area (TPSA) is 41.1 Å². The van der Waals surface area contributed by atoms with Crippen molar-refractivity contribution in [3.8, 4) is 0 Å². The number of anilines is 1. The first-order valence-corrected chi connectivity index (χ1v) is 8.27.